The molecule has 11 heteroatoms. The second-order valence-corrected chi connectivity index (χ2v) is 13.1. The van der Waals surface area contributed by atoms with Gasteiger partial charge < -0.3 is 28.8 Å². The first kappa shape index (κ1) is 34.6. The van der Waals surface area contributed by atoms with Crippen LogP contribution in [0.2, 0.25) is 0 Å². The first-order valence-electron chi connectivity index (χ1n) is 15.4. The number of nitrogens with zero attached hydrogens (tertiary/aromatic N) is 5. The van der Waals surface area contributed by atoms with Crippen LogP contribution in [0.15, 0.2) is 12.5 Å². The number of carbonyl (C=O) groups excluding carboxylic acids is 2. The zero-order valence-corrected chi connectivity index (χ0v) is 27.1. The molecule has 1 aromatic heterocycles. The summed E-state index contributed by atoms with van der Waals surface area (Å²) in [7, 11) is 9.87. The summed E-state index contributed by atoms with van der Waals surface area (Å²) in [5.41, 5.74) is 0.724. The lowest BCUT2D eigenvalue weighted by Gasteiger charge is -2.46. The summed E-state index contributed by atoms with van der Waals surface area (Å²) in [6.45, 7) is 9.69. The fourth-order valence-electron chi connectivity index (χ4n) is 6.12. The Morgan fingerprint density at radius 3 is 2.48 bits per heavy atom. The first-order chi connectivity index (χ1) is 19.8. The first-order valence-corrected chi connectivity index (χ1v) is 15.4. The van der Waals surface area contributed by atoms with Crippen molar-refractivity contribution in [2.24, 2.45) is 18.9 Å². The number of likely N-dealkylation sites (N-methyl/N-ethyl adjacent to an activating group) is 1. The number of aliphatic hydroxyl groups excluding tert-OH is 1. The molecule has 0 radical (unpaired) electrons. The number of aryl methyl sites for hydroxylation is 1. The molecule has 4 rings (SSSR count). The van der Waals surface area contributed by atoms with Crippen LogP contribution < -0.4 is 0 Å². The third-order valence-electron chi connectivity index (χ3n) is 9.28. The Morgan fingerprint density at radius 1 is 1.17 bits per heavy atom. The molecule has 0 bridgehead atoms. The van der Waals surface area contributed by atoms with E-state index in [-0.39, 0.29) is 23.5 Å². The highest BCUT2D eigenvalue weighted by molar-refractivity contribution is 5.98. The Bertz CT molecular complexity index is 988. The number of ketones is 1. The minimum Gasteiger partial charge on any atom is -0.463 e. The Kier molecular flexibility index (Phi) is 13.0. The van der Waals surface area contributed by atoms with E-state index in [0.717, 1.165) is 57.6 Å². The van der Waals surface area contributed by atoms with Gasteiger partial charge in [0.05, 0.1) is 23.7 Å². The van der Waals surface area contributed by atoms with Crippen molar-refractivity contribution in [3.63, 3.8) is 0 Å². The molecule has 0 amide bonds. The molecular weight excluding hydrogens is 538 g/mol. The molecule has 4 heterocycles. The van der Waals surface area contributed by atoms with Gasteiger partial charge in [-0.1, -0.05) is 0 Å². The van der Waals surface area contributed by atoms with Gasteiger partial charge >= 0.3 is 5.97 Å². The number of esters is 1. The molecule has 5 unspecified atom stereocenters. The number of hydrogen-bond acceptors (Lipinski definition) is 10. The van der Waals surface area contributed by atoms with Crippen LogP contribution in [-0.4, -0.2) is 126 Å². The molecule has 6 atom stereocenters. The Morgan fingerprint density at radius 2 is 1.88 bits per heavy atom. The molecule has 11 nitrogen and oxygen atoms in total. The fourth-order valence-corrected chi connectivity index (χ4v) is 6.12. The number of aliphatic hydroxyl groups is 1. The summed E-state index contributed by atoms with van der Waals surface area (Å²) >= 11 is 0. The smallest absolute Gasteiger partial charge is 0.316 e. The maximum Gasteiger partial charge on any atom is 0.316 e. The number of likely N-dealkylation sites (tertiary alicyclic amines) is 1. The molecule has 0 saturated carbocycles. The lowest BCUT2D eigenvalue weighted by atomic mass is 9.89. The van der Waals surface area contributed by atoms with Gasteiger partial charge in [0, 0.05) is 70.8 Å². The van der Waals surface area contributed by atoms with Crippen LogP contribution >= 0.6 is 0 Å². The Hall–Kier alpha value is -1.89. The average Bonchev–Trinajstić information content (AvgIpc) is 3.33. The van der Waals surface area contributed by atoms with Crippen molar-refractivity contribution in [2.75, 3.05) is 54.5 Å². The normalized spacial score (nSPS) is 33.0. The highest BCUT2D eigenvalue weighted by atomic mass is 16.6. The van der Waals surface area contributed by atoms with Crippen LogP contribution in [0.5, 0.6) is 0 Å². The quantitative estimate of drug-likeness (QED) is 0.404. The summed E-state index contributed by atoms with van der Waals surface area (Å²) in [6, 6.07) is 0.606. The number of methoxy groups -OCH3 is 1. The second kappa shape index (κ2) is 15.7. The van der Waals surface area contributed by atoms with Gasteiger partial charge in [-0.3, -0.25) is 19.4 Å². The summed E-state index contributed by atoms with van der Waals surface area (Å²) in [4.78, 5) is 36.3. The fraction of sp³-hybridized carbons (Fsp3) is 0.839. The number of aromatic nitrogens is 2. The number of cyclic esters (lactones) is 1. The van der Waals surface area contributed by atoms with E-state index in [1.165, 1.54) is 0 Å². The standard InChI is InChI=1S/C23H38N4O4.C8H17NO2/c1-17-21(28)7-9-23(2,30-5)8-6-10-26(4)20(15-31-22(17)29)18-11-27(12-18)14-19-13-25(3)16-24-19;1-6-4-7(9(2)3)5-8(10)11-6/h13,16-18,20H,6-12,14-15H2,1-5H3;6-8,10H,4-5H2,1-3H3/t17?,20?,23-;/m1./s1. The van der Waals surface area contributed by atoms with Crippen molar-refractivity contribution < 1.29 is 28.9 Å². The maximum absolute atomic E-state index is 12.5. The van der Waals surface area contributed by atoms with Crippen LogP contribution in [0, 0.1) is 11.8 Å². The van der Waals surface area contributed by atoms with E-state index in [4.69, 9.17) is 14.2 Å². The van der Waals surface area contributed by atoms with Gasteiger partial charge in [-0.25, -0.2) is 4.98 Å². The molecular formula is C31H55N5O6. The molecule has 240 valence electrons. The highest BCUT2D eigenvalue weighted by Crippen LogP contribution is 2.28. The third-order valence-corrected chi connectivity index (χ3v) is 9.28. The van der Waals surface area contributed by atoms with Gasteiger partial charge in [-0.2, -0.15) is 0 Å². The van der Waals surface area contributed by atoms with E-state index in [1.807, 2.05) is 45.2 Å². The minimum absolute atomic E-state index is 0.0670. The van der Waals surface area contributed by atoms with Crippen molar-refractivity contribution in [3.8, 4) is 0 Å². The highest BCUT2D eigenvalue weighted by Gasteiger charge is 2.38. The Labute approximate surface area is 252 Å². The zero-order valence-electron chi connectivity index (χ0n) is 27.1. The van der Waals surface area contributed by atoms with E-state index in [1.54, 1.807) is 14.0 Å². The van der Waals surface area contributed by atoms with E-state index in [2.05, 4.69) is 33.7 Å². The summed E-state index contributed by atoms with van der Waals surface area (Å²) in [6.07, 6.45) is 8.06. The lowest BCUT2D eigenvalue weighted by Crippen LogP contribution is -2.57. The molecule has 0 aliphatic carbocycles. The van der Waals surface area contributed by atoms with Gasteiger partial charge in [-0.15, -0.1) is 0 Å². The monoisotopic (exact) mass is 593 g/mol. The third kappa shape index (κ3) is 10.1. The van der Waals surface area contributed by atoms with Gasteiger partial charge in [0.2, 0.25) is 0 Å². The van der Waals surface area contributed by atoms with E-state index >= 15 is 0 Å². The minimum atomic E-state index is -0.727. The average molecular weight is 594 g/mol. The molecule has 42 heavy (non-hydrogen) atoms. The number of imidazole rings is 1. The Balaban J connectivity index is 0.000000369. The van der Waals surface area contributed by atoms with Crippen LogP contribution in [0.25, 0.3) is 0 Å². The summed E-state index contributed by atoms with van der Waals surface area (Å²) < 4.78 is 18.5. The number of hydrogen-bond donors (Lipinski definition) is 1. The number of rotatable bonds is 5. The van der Waals surface area contributed by atoms with Crippen molar-refractivity contribution in [1.82, 2.24) is 24.3 Å². The van der Waals surface area contributed by atoms with Crippen LogP contribution in [0.3, 0.4) is 0 Å². The second-order valence-electron chi connectivity index (χ2n) is 13.1. The van der Waals surface area contributed by atoms with E-state index < -0.39 is 18.2 Å². The molecule has 3 aliphatic heterocycles. The van der Waals surface area contributed by atoms with Gasteiger partial charge in [0.25, 0.3) is 0 Å². The largest absolute Gasteiger partial charge is 0.463 e. The van der Waals surface area contributed by atoms with Crippen LogP contribution in [0.4, 0.5) is 0 Å². The maximum atomic E-state index is 12.5. The predicted octanol–water partition coefficient (Wildman–Crippen LogP) is 2.31. The topological polar surface area (TPSA) is 110 Å². The van der Waals surface area contributed by atoms with E-state index in [9.17, 15) is 14.7 Å². The van der Waals surface area contributed by atoms with Crippen LogP contribution in [-0.2, 0) is 37.4 Å². The summed E-state index contributed by atoms with van der Waals surface area (Å²) in [5.74, 6) is -0.782. The molecule has 0 spiro atoms. The van der Waals surface area contributed by atoms with Crippen molar-refractivity contribution in [2.45, 2.75) is 95.9 Å². The number of Topliss-reactive ketones (excluding diaryl/α,β-unsaturated/α-hetero) is 1. The molecule has 0 aromatic carbocycles. The van der Waals surface area contributed by atoms with Crippen molar-refractivity contribution in [1.29, 1.82) is 0 Å². The van der Waals surface area contributed by atoms with Crippen LogP contribution in [0.1, 0.15) is 65.0 Å². The molecule has 3 fully saturated rings. The molecule has 3 saturated heterocycles. The van der Waals surface area contributed by atoms with E-state index in [0.29, 0.717) is 31.4 Å². The predicted molar refractivity (Wildman–Crippen MR) is 161 cm³/mol. The SMILES string of the molecule is CC1CC(N(C)C)CC(O)O1.CO[C@]1(C)CCCN(C)C(C2CN(Cc3cn(C)cn3)C2)COC(=O)C(C)C(=O)CC1. The van der Waals surface area contributed by atoms with Gasteiger partial charge in [0.15, 0.2) is 6.29 Å². The van der Waals surface area contributed by atoms with Crippen molar-refractivity contribution in [3.05, 3.63) is 18.2 Å². The molecule has 3 aliphatic rings. The molecule has 1 N–H and O–H groups in total. The van der Waals surface area contributed by atoms with Crippen molar-refractivity contribution >= 4 is 11.8 Å². The summed E-state index contributed by atoms with van der Waals surface area (Å²) in [5, 5.41) is 9.25. The van der Waals surface area contributed by atoms with Gasteiger partial charge in [0.1, 0.15) is 18.3 Å². The van der Waals surface area contributed by atoms with Gasteiger partial charge in [-0.05, 0) is 74.1 Å². The lowest BCUT2D eigenvalue weighted by molar-refractivity contribution is -0.172. The molecule has 1 aromatic rings. The number of carbonyl (C=O) groups is 2. The number of ether oxygens (including phenoxy) is 3. The zero-order chi connectivity index (χ0) is 31.0.